The molecule has 5 heteroatoms. The molecule has 0 aliphatic heterocycles. The number of halogens is 1. The summed E-state index contributed by atoms with van der Waals surface area (Å²) in [5.41, 5.74) is 7.82. The minimum Gasteiger partial charge on any atom is -0.383 e. The van der Waals surface area contributed by atoms with Crippen LogP contribution in [0, 0.1) is 4.77 Å². The van der Waals surface area contributed by atoms with E-state index < -0.39 is 0 Å². The molecule has 3 nitrogen and oxygen atoms in total. The van der Waals surface area contributed by atoms with E-state index in [9.17, 15) is 0 Å². The van der Waals surface area contributed by atoms with Crippen molar-refractivity contribution >= 4 is 34.0 Å². The fourth-order valence-corrected chi connectivity index (χ4v) is 2.00. The molecule has 0 saturated carbocycles. The maximum absolute atomic E-state index is 5.94. The highest BCUT2D eigenvalue weighted by molar-refractivity contribution is 9.10. The highest BCUT2D eigenvalue weighted by Crippen LogP contribution is 2.26. The number of nitrogen functional groups attached to an aromatic ring is 1. The van der Waals surface area contributed by atoms with Crippen molar-refractivity contribution in [3.05, 3.63) is 33.5 Å². The molecule has 0 amide bonds. The number of nitrogens with two attached hydrogens (primary N) is 1. The van der Waals surface area contributed by atoms with E-state index in [2.05, 4.69) is 20.9 Å². The lowest BCUT2D eigenvalue weighted by Crippen LogP contribution is -1.96. The summed E-state index contributed by atoms with van der Waals surface area (Å²) >= 11 is 8.53. The first kappa shape index (κ1) is 10.4. The zero-order valence-corrected chi connectivity index (χ0v) is 10.5. The van der Waals surface area contributed by atoms with E-state index in [0.717, 1.165) is 15.7 Å². The lowest BCUT2D eigenvalue weighted by molar-refractivity contribution is 0.906. The number of aromatic amines is 1. The molecule has 0 saturated heterocycles. The predicted molar refractivity (Wildman–Crippen MR) is 68.1 cm³/mol. The van der Waals surface area contributed by atoms with Gasteiger partial charge in [0.1, 0.15) is 5.82 Å². The van der Waals surface area contributed by atoms with Crippen LogP contribution in [-0.2, 0) is 7.05 Å². The smallest absolute Gasteiger partial charge is 0.178 e. The summed E-state index contributed by atoms with van der Waals surface area (Å²) < 4.78 is 3.40. The van der Waals surface area contributed by atoms with E-state index in [1.54, 1.807) is 4.57 Å². The molecule has 2 rings (SSSR count). The summed E-state index contributed by atoms with van der Waals surface area (Å²) in [4.78, 5) is 3.09. The van der Waals surface area contributed by atoms with Gasteiger partial charge in [-0.1, -0.05) is 28.1 Å². The summed E-state index contributed by atoms with van der Waals surface area (Å²) in [5, 5.41) is 0. The molecule has 1 aromatic heterocycles. The molecule has 0 radical (unpaired) electrons. The molecule has 0 spiro atoms. The third-order valence-corrected chi connectivity index (χ3v) is 3.14. The Morgan fingerprint density at radius 3 is 2.73 bits per heavy atom. The monoisotopic (exact) mass is 283 g/mol. The number of rotatable bonds is 1. The third kappa shape index (κ3) is 1.85. The molecule has 0 aliphatic carbocycles. The Morgan fingerprint density at radius 1 is 1.47 bits per heavy atom. The van der Waals surface area contributed by atoms with E-state index in [-0.39, 0.29) is 0 Å². The Bertz CT molecular complexity index is 556. The van der Waals surface area contributed by atoms with Gasteiger partial charge in [0.25, 0.3) is 0 Å². The van der Waals surface area contributed by atoms with Gasteiger partial charge in [0.15, 0.2) is 4.77 Å². The zero-order valence-electron chi connectivity index (χ0n) is 8.12. The Kier molecular flexibility index (Phi) is 2.67. The molecular formula is C10H10BrN3S. The number of nitrogens with zero attached hydrogens (tertiary/aromatic N) is 1. The van der Waals surface area contributed by atoms with Gasteiger partial charge in [0.2, 0.25) is 0 Å². The molecule has 78 valence electrons. The minimum atomic E-state index is 0.627. The fraction of sp³-hybridized carbons (Fsp3) is 0.100. The average molecular weight is 284 g/mol. The van der Waals surface area contributed by atoms with Crippen molar-refractivity contribution in [2.45, 2.75) is 0 Å². The van der Waals surface area contributed by atoms with Crippen LogP contribution in [0.5, 0.6) is 0 Å². The molecule has 0 bridgehead atoms. The summed E-state index contributed by atoms with van der Waals surface area (Å²) in [6.45, 7) is 0. The van der Waals surface area contributed by atoms with Crippen molar-refractivity contribution in [1.82, 2.24) is 9.55 Å². The van der Waals surface area contributed by atoms with Crippen molar-refractivity contribution in [3.63, 3.8) is 0 Å². The molecule has 0 atom stereocenters. The van der Waals surface area contributed by atoms with Gasteiger partial charge >= 0.3 is 0 Å². The summed E-state index contributed by atoms with van der Waals surface area (Å²) in [5.74, 6) is 0.651. The first-order chi connectivity index (χ1) is 7.09. The highest BCUT2D eigenvalue weighted by atomic mass is 79.9. The highest BCUT2D eigenvalue weighted by Gasteiger charge is 2.08. The van der Waals surface area contributed by atoms with Gasteiger partial charge in [-0.05, 0) is 24.4 Å². The number of benzene rings is 1. The van der Waals surface area contributed by atoms with E-state index >= 15 is 0 Å². The molecule has 1 heterocycles. The zero-order chi connectivity index (χ0) is 11.0. The molecule has 1 aromatic carbocycles. The van der Waals surface area contributed by atoms with Gasteiger partial charge < -0.3 is 15.3 Å². The van der Waals surface area contributed by atoms with Crippen molar-refractivity contribution in [2.75, 3.05) is 5.73 Å². The normalized spacial score (nSPS) is 10.5. The summed E-state index contributed by atoms with van der Waals surface area (Å²) in [6, 6.07) is 7.92. The van der Waals surface area contributed by atoms with Crippen LogP contribution < -0.4 is 5.73 Å². The minimum absolute atomic E-state index is 0.627. The number of nitrogens with one attached hydrogen (secondary N) is 1. The lowest BCUT2D eigenvalue weighted by Gasteiger charge is -2.01. The predicted octanol–water partition coefficient (Wildman–Crippen LogP) is 3.09. The first-order valence-electron chi connectivity index (χ1n) is 4.40. The maximum atomic E-state index is 5.94. The summed E-state index contributed by atoms with van der Waals surface area (Å²) in [7, 11) is 1.84. The maximum Gasteiger partial charge on any atom is 0.178 e. The number of hydrogen-bond acceptors (Lipinski definition) is 2. The largest absolute Gasteiger partial charge is 0.383 e. The van der Waals surface area contributed by atoms with Crippen molar-refractivity contribution in [2.24, 2.45) is 7.05 Å². The Morgan fingerprint density at radius 2 is 2.20 bits per heavy atom. The molecule has 2 aromatic rings. The number of H-pyrrole nitrogens is 1. The van der Waals surface area contributed by atoms with Gasteiger partial charge in [-0.3, -0.25) is 0 Å². The Balaban J connectivity index is 2.64. The standard InChI is InChI=1S/C10H10BrN3S/c1-14-9(12)8(13-10(14)15)6-3-2-4-7(11)5-6/h2-5H,12H2,1H3,(H,13,15). The van der Waals surface area contributed by atoms with Crippen molar-refractivity contribution < 1.29 is 0 Å². The number of aromatic nitrogens is 2. The number of imidazole rings is 1. The topological polar surface area (TPSA) is 46.7 Å². The molecule has 3 N–H and O–H groups in total. The first-order valence-corrected chi connectivity index (χ1v) is 5.60. The SMILES string of the molecule is Cn1c(N)c(-c2cccc(Br)c2)[nH]c1=S. The Hall–Kier alpha value is -1.07. The second-order valence-corrected chi connectivity index (χ2v) is 4.56. The van der Waals surface area contributed by atoms with E-state index in [4.69, 9.17) is 18.0 Å². The van der Waals surface area contributed by atoms with Gasteiger partial charge in [-0.2, -0.15) is 0 Å². The molecule has 0 unspecified atom stereocenters. The Labute approximate surface area is 101 Å². The van der Waals surface area contributed by atoms with Crippen LogP contribution in [0.3, 0.4) is 0 Å². The van der Waals surface area contributed by atoms with Crippen molar-refractivity contribution in [3.8, 4) is 11.3 Å². The van der Waals surface area contributed by atoms with Gasteiger partial charge in [0, 0.05) is 17.1 Å². The van der Waals surface area contributed by atoms with Gasteiger partial charge in [-0.15, -0.1) is 0 Å². The fourth-order valence-electron chi connectivity index (χ4n) is 1.40. The van der Waals surface area contributed by atoms with Crippen LogP contribution in [0.1, 0.15) is 0 Å². The number of anilines is 1. The second kappa shape index (κ2) is 3.83. The average Bonchev–Trinajstić information content (AvgIpc) is 2.46. The van der Waals surface area contributed by atoms with Crippen LogP contribution >= 0.6 is 28.1 Å². The quantitative estimate of drug-likeness (QED) is 0.790. The van der Waals surface area contributed by atoms with E-state index in [0.29, 0.717) is 10.6 Å². The van der Waals surface area contributed by atoms with Gasteiger partial charge in [0.05, 0.1) is 5.69 Å². The summed E-state index contributed by atoms with van der Waals surface area (Å²) in [6.07, 6.45) is 0. The van der Waals surface area contributed by atoms with E-state index in [1.165, 1.54) is 0 Å². The molecule has 15 heavy (non-hydrogen) atoms. The van der Waals surface area contributed by atoms with Crippen LogP contribution in [0.25, 0.3) is 11.3 Å². The lowest BCUT2D eigenvalue weighted by atomic mass is 10.1. The van der Waals surface area contributed by atoms with Gasteiger partial charge in [-0.25, -0.2) is 0 Å². The van der Waals surface area contributed by atoms with Crippen LogP contribution in [0.4, 0.5) is 5.82 Å². The van der Waals surface area contributed by atoms with Crippen molar-refractivity contribution in [1.29, 1.82) is 0 Å². The van der Waals surface area contributed by atoms with Crippen LogP contribution in [-0.4, -0.2) is 9.55 Å². The number of hydrogen-bond donors (Lipinski definition) is 2. The van der Waals surface area contributed by atoms with Crippen LogP contribution in [0.15, 0.2) is 28.7 Å². The second-order valence-electron chi connectivity index (χ2n) is 3.26. The molecular weight excluding hydrogens is 274 g/mol. The molecule has 0 aliphatic rings. The van der Waals surface area contributed by atoms with E-state index in [1.807, 2.05) is 31.3 Å². The van der Waals surface area contributed by atoms with Crippen LogP contribution in [0.2, 0.25) is 0 Å². The molecule has 0 fully saturated rings. The third-order valence-electron chi connectivity index (χ3n) is 2.27.